The minimum absolute atomic E-state index is 0.195. The summed E-state index contributed by atoms with van der Waals surface area (Å²) in [4.78, 5) is 2.44. The lowest BCUT2D eigenvalue weighted by molar-refractivity contribution is 0.237. The van der Waals surface area contributed by atoms with Gasteiger partial charge in [-0.25, -0.2) is 0 Å². The van der Waals surface area contributed by atoms with Crippen molar-refractivity contribution in [2.24, 2.45) is 0 Å². The number of phenolic OH excluding ortho intramolecular Hbond substituents is 2. The predicted molar refractivity (Wildman–Crippen MR) is 130 cm³/mol. The molecular weight excluding hydrogens is 414 g/mol. The fourth-order valence-corrected chi connectivity index (χ4v) is 4.76. The third kappa shape index (κ3) is 4.55. The molecule has 2 heterocycles. The van der Waals surface area contributed by atoms with Crippen LogP contribution in [-0.4, -0.2) is 41.4 Å². The quantitative estimate of drug-likeness (QED) is 0.516. The van der Waals surface area contributed by atoms with E-state index in [-0.39, 0.29) is 17.6 Å². The van der Waals surface area contributed by atoms with Crippen LogP contribution in [0.3, 0.4) is 0 Å². The standard InChI is InChI=1S/C28H29NO4/c1-19-25-18-23(31)9-12-26(25)33-28(27(19)21-5-4-6-22(30)17-21)20-7-10-24(11-8-20)32-16-15-29-13-2-3-14-29/h4-12,17-18,28,30-31H,2-3,13-16H2,1H3. The number of nitrogens with zero attached hydrogens (tertiary/aromatic N) is 1. The molecule has 1 atom stereocenters. The average Bonchev–Trinajstić information content (AvgIpc) is 3.33. The van der Waals surface area contributed by atoms with E-state index in [1.165, 1.54) is 25.9 Å². The Bertz CT molecular complexity index is 1160. The van der Waals surface area contributed by atoms with Crippen molar-refractivity contribution in [2.45, 2.75) is 25.9 Å². The Morgan fingerprint density at radius 3 is 2.45 bits per heavy atom. The number of hydrogen-bond acceptors (Lipinski definition) is 5. The van der Waals surface area contributed by atoms with Gasteiger partial charge in [-0.05, 0) is 92.0 Å². The van der Waals surface area contributed by atoms with Crippen LogP contribution in [-0.2, 0) is 0 Å². The largest absolute Gasteiger partial charge is 0.508 e. The van der Waals surface area contributed by atoms with Crippen molar-refractivity contribution in [3.8, 4) is 23.0 Å². The predicted octanol–water partition coefficient (Wildman–Crippen LogP) is 5.64. The van der Waals surface area contributed by atoms with Crippen molar-refractivity contribution in [3.63, 3.8) is 0 Å². The number of allylic oxidation sites excluding steroid dienone is 1. The molecule has 1 saturated heterocycles. The molecular formula is C28H29NO4. The van der Waals surface area contributed by atoms with Gasteiger partial charge in [-0.15, -0.1) is 0 Å². The van der Waals surface area contributed by atoms with Crippen LogP contribution in [0.1, 0.15) is 42.6 Å². The minimum Gasteiger partial charge on any atom is -0.508 e. The molecule has 2 aliphatic rings. The summed E-state index contributed by atoms with van der Waals surface area (Å²) in [6.45, 7) is 6.02. The van der Waals surface area contributed by atoms with E-state index >= 15 is 0 Å². The Kier molecular flexibility index (Phi) is 5.97. The number of likely N-dealkylation sites (tertiary alicyclic amines) is 1. The molecule has 5 rings (SSSR count). The monoisotopic (exact) mass is 443 g/mol. The Morgan fingerprint density at radius 2 is 1.70 bits per heavy atom. The highest BCUT2D eigenvalue weighted by atomic mass is 16.5. The average molecular weight is 444 g/mol. The highest BCUT2D eigenvalue weighted by Gasteiger charge is 2.29. The van der Waals surface area contributed by atoms with Crippen molar-refractivity contribution in [1.82, 2.24) is 4.90 Å². The molecule has 5 heteroatoms. The lowest BCUT2D eigenvalue weighted by Crippen LogP contribution is -2.25. The van der Waals surface area contributed by atoms with Crippen LogP contribution in [0.5, 0.6) is 23.0 Å². The first-order valence-corrected chi connectivity index (χ1v) is 11.5. The van der Waals surface area contributed by atoms with E-state index in [0.29, 0.717) is 6.61 Å². The minimum atomic E-state index is -0.345. The van der Waals surface area contributed by atoms with Crippen molar-refractivity contribution in [1.29, 1.82) is 0 Å². The molecule has 0 amide bonds. The van der Waals surface area contributed by atoms with Gasteiger partial charge in [-0.3, -0.25) is 4.90 Å². The third-order valence-electron chi connectivity index (χ3n) is 6.49. The molecule has 0 spiro atoms. The van der Waals surface area contributed by atoms with Crippen molar-refractivity contribution in [3.05, 3.63) is 83.4 Å². The number of aromatic hydroxyl groups is 2. The van der Waals surface area contributed by atoms with Crippen LogP contribution >= 0.6 is 0 Å². The summed E-state index contributed by atoms with van der Waals surface area (Å²) >= 11 is 0. The van der Waals surface area contributed by atoms with Gasteiger partial charge in [0.15, 0.2) is 0 Å². The molecule has 0 bridgehead atoms. The number of fused-ring (bicyclic) bond motifs is 1. The Labute approximate surface area is 194 Å². The second-order valence-electron chi connectivity index (χ2n) is 8.73. The second-order valence-corrected chi connectivity index (χ2v) is 8.73. The summed E-state index contributed by atoms with van der Waals surface area (Å²) in [5, 5.41) is 20.1. The van der Waals surface area contributed by atoms with Gasteiger partial charge in [0.2, 0.25) is 0 Å². The molecule has 5 nitrogen and oxygen atoms in total. The summed E-state index contributed by atoms with van der Waals surface area (Å²) in [6.07, 6.45) is 2.23. The number of rotatable bonds is 6. The van der Waals surface area contributed by atoms with Crippen molar-refractivity contribution < 1.29 is 19.7 Å². The summed E-state index contributed by atoms with van der Waals surface area (Å²) in [5.74, 6) is 1.97. The highest BCUT2D eigenvalue weighted by molar-refractivity contribution is 5.95. The normalized spacial score (nSPS) is 18.2. The van der Waals surface area contributed by atoms with Crippen molar-refractivity contribution >= 4 is 11.1 Å². The van der Waals surface area contributed by atoms with Crippen LogP contribution in [0.25, 0.3) is 11.1 Å². The van der Waals surface area contributed by atoms with Gasteiger partial charge in [0.05, 0.1) is 0 Å². The smallest absolute Gasteiger partial charge is 0.150 e. The van der Waals surface area contributed by atoms with E-state index in [9.17, 15) is 10.2 Å². The summed E-state index contributed by atoms with van der Waals surface area (Å²) in [7, 11) is 0. The number of phenols is 2. The van der Waals surface area contributed by atoms with Gasteiger partial charge in [0.25, 0.3) is 0 Å². The van der Waals surface area contributed by atoms with Gasteiger partial charge in [-0.1, -0.05) is 24.3 Å². The summed E-state index contributed by atoms with van der Waals surface area (Å²) in [5.41, 5.74) is 4.71. The number of benzene rings is 3. The van der Waals surface area contributed by atoms with E-state index in [1.54, 1.807) is 30.3 Å². The fraction of sp³-hybridized carbons (Fsp3) is 0.286. The molecule has 0 aromatic heterocycles. The van der Waals surface area contributed by atoms with Gasteiger partial charge < -0.3 is 19.7 Å². The molecule has 1 unspecified atom stereocenters. The molecule has 3 aromatic carbocycles. The van der Waals surface area contributed by atoms with Crippen LogP contribution in [0.4, 0.5) is 0 Å². The highest BCUT2D eigenvalue weighted by Crippen LogP contribution is 2.47. The van der Waals surface area contributed by atoms with Crippen LogP contribution in [0, 0.1) is 0 Å². The Balaban J connectivity index is 1.43. The van der Waals surface area contributed by atoms with Gasteiger partial charge in [-0.2, -0.15) is 0 Å². The molecule has 1 fully saturated rings. The summed E-state index contributed by atoms with van der Waals surface area (Å²) < 4.78 is 12.4. The topological polar surface area (TPSA) is 62.2 Å². The molecule has 0 saturated carbocycles. The molecule has 2 N–H and O–H groups in total. The lowest BCUT2D eigenvalue weighted by atomic mass is 9.86. The number of ether oxygens (including phenoxy) is 2. The first kappa shape index (κ1) is 21.4. The molecule has 2 aliphatic heterocycles. The molecule has 0 aliphatic carbocycles. The fourth-order valence-electron chi connectivity index (χ4n) is 4.76. The van der Waals surface area contributed by atoms with Crippen LogP contribution in [0.15, 0.2) is 66.7 Å². The zero-order valence-electron chi connectivity index (χ0n) is 18.8. The van der Waals surface area contributed by atoms with E-state index in [4.69, 9.17) is 9.47 Å². The third-order valence-corrected chi connectivity index (χ3v) is 6.49. The zero-order chi connectivity index (χ0) is 22.8. The van der Waals surface area contributed by atoms with Crippen LogP contribution in [0.2, 0.25) is 0 Å². The van der Waals surface area contributed by atoms with E-state index in [2.05, 4.69) is 4.90 Å². The van der Waals surface area contributed by atoms with E-state index in [1.807, 2.05) is 43.3 Å². The summed E-state index contributed by atoms with van der Waals surface area (Å²) in [6, 6.07) is 20.4. The molecule has 3 aromatic rings. The number of hydrogen-bond donors (Lipinski definition) is 2. The SMILES string of the molecule is CC1=C(c2cccc(O)c2)C(c2ccc(OCCN3CCCC3)cc2)Oc2ccc(O)cc21. The Morgan fingerprint density at radius 1 is 0.939 bits per heavy atom. The first-order valence-electron chi connectivity index (χ1n) is 11.5. The second kappa shape index (κ2) is 9.20. The maximum absolute atomic E-state index is 10.1. The zero-order valence-corrected chi connectivity index (χ0v) is 18.8. The van der Waals surface area contributed by atoms with Crippen LogP contribution < -0.4 is 9.47 Å². The molecule has 170 valence electrons. The van der Waals surface area contributed by atoms with E-state index in [0.717, 1.165) is 45.9 Å². The first-order chi connectivity index (χ1) is 16.1. The maximum Gasteiger partial charge on any atom is 0.150 e. The lowest BCUT2D eigenvalue weighted by Gasteiger charge is -2.31. The molecule has 33 heavy (non-hydrogen) atoms. The van der Waals surface area contributed by atoms with Gasteiger partial charge in [0.1, 0.15) is 35.7 Å². The van der Waals surface area contributed by atoms with Gasteiger partial charge >= 0.3 is 0 Å². The molecule has 0 radical (unpaired) electrons. The maximum atomic E-state index is 10.1. The van der Waals surface area contributed by atoms with E-state index < -0.39 is 0 Å². The van der Waals surface area contributed by atoms with Crippen molar-refractivity contribution in [2.75, 3.05) is 26.2 Å². The Hall–Kier alpha value is -3.44. The van der Waals surface area contributed by atoms with Gasteiger partial charge in [0, 0.05) is 17.7 Å².